The van der Waals surface area contributed by atoms with E-state index in [1.807, 2.05) is 6.92 Å². The van der Waals surface area contributed by atoms with Crippen molar-refractivity contribution in [2.45, 2.75) is 19.4 Å². The van der Waals surface area contributed by atoms with Crippen LogP contribution in [0.3, 0.4) is 0 Å². The molecule has 0 spiro atoms. The smallest absolute Gasteiger partial charge is 0.159 e. The fourth-order valence-electron chi connectivity index (χ4n) is 1.80. The molecule has 0 aromatic heterocycles. The Morgan fingerprint density at radius 3 is 2.44 bits per heavy atom. The number of hydrogen-bond donors (Lipinski definition) is 1. The van der Waals surface area contributed by atoms with Crippen LogP contribution in [0.25, 0.3) is 0 Å². The first-order valence-corrected chi connectivity index (χ1v) is 7.73. The molecule has 1 N–H and O–H groups in total. The summed E-state index contributed by atoms with van der Waals surface area (Å²) >= 11 is 0. The molecule has 0 amide bonds. The van der Waals surface area contributed by atoms with Crippen LogP contribution in [0.5, 0.6) is 0 Å². The third kappa shape index (κ3) is 5.10. The van der Waals surface area contributed by atoms with Gasteiger partial charge in [0.15, 0.2) is 11.6 Å². The van der Waals surface area contributed by atoms with E-state index in [9.17, 15) is 17.2 Å². The summed E-state index contributed by atoms with van der Waals surface area (Å²) in [5, 5.41) is 3.03. The maximum Gasteiger partial charge on any atom is 0.159 e. The Morgan fingerprint density at radius 1 is 1.28 bits per heavy atom. The van der Waals surface area contributed by atoms with E-state index in [2.05, 4.69) is 5.32 Å². The Balaban J connectivity index is 2.79. The molecule has 0 fully saturated rings. The summed E-state index contributed by atoms with van der Waals surface area (Å²) in [4.78, 5) is 0. The molecule has 0 bridgehead atoms. The third-order valence-corrected chi connectivity index (χ3v) is 3.47. The molecule has 0 saturated carbocycles. The number of halogens is 2. The van der Waals surface area contributed by atoms with E-state index in [0.717, 1.165) is 18.4 Å². The summed E-state index contributed by atoms with van der Waals surface area (Å²) in [5.41, 5.74) is 0.573. The van der Waals surface area contributed by atoms with Crippen molar-refractivity contribution in [1.82, 2.24) is 5.32 Å². The van der Waals surface area contributed by atoms with Gasteiger partial charge in [-0.25, -0.2) is 17.2 Å². The predicted octanol–water partition coefficient (Wildman–Crippen LogP) is 1.53. The summed E-state index contributed by atoms with van der Waals surface area (Å²) in [6.45, 7) is 2.48. The highest BCUT2D eigenvalue weighted by Gasteiger charge is 2.15. The molecular weight excluding hydrogens is 260 g/mol. The van der Waals surface area contributed by atoms with Crippen molar-refractivity contribution in [1.29, 1.82) is 0 Å². The largest absolute Gasteiger partial charge is 0.313 e. The zero-order valence-corrected chi connectivity index (χ0v) is 11.2. The lowest BCUT2D eigenvalue weighted by Crippen LogP contribution is -2.37. The maximum atomic E-state index is 13.0. The molecule has 1 aromatic rings. The molecule has 0 saturated heterocycles. The van der Waals surface area contributed by atoms with Gasteiger partial charge in [-0.2, -0.15) is 0 Å². The van der Waals surface area contributed by atoms with Gasteiger partial charge in [-0.05, 0) is 30.7 Å². The highest BCUT2D eigenvalue weighted by Crippen LogP contribution is 2.11. The minimum atomic E-state index is -3.11. The molecule has 1 atom stereocenters. The van der Waals surface area contributed by atoms with Crippen molar-refractivity contribution in [3.63, 3.8) is 0 Å². The average molecular weight is 277 g/mol. The van der Waals surface area contributed by atoms with E-state index in [-0.39, 0.29) is 11.8 Å². The Hall–Kier alpha value is -1.01. The van der Waals surface area contributed by atoms with Gasteiger partial charge in [0.25, 0.3) is 0 Å². The lowest BCUT2D eigenvalue weighted by molar-refractivity contribution is 0.503. The normalized spacial score (nSPS) is 13.6. The van der Waals surface area contributed by atoms with Crippen molar-refractivity contribution in [2.24, 2.45) is 0 Å². The molecule has 1 unspecified atom stereocenters. The first-order chi connectivity index (χ1) is 8.31. The molecule has 0 radical (unpaired) electrons. The first-order valence-electron chi connectivity index (χ1n) is 5.67. The van der Waals surface area contributed by atoms with E-state index < -0.39 is 21.5 Å². The Bertz CT molecular complexity index is 503. The Kier molecular flexibility index (Phi) is 5.22. The lowest BCUT2D eigenvalue weighted by atomic mass is 10.1. The molecular formula is C12H17F2NO2S. The Labute approximate surface area is 106 Å². The molecule has 0 aliphatic rings. The maximum absolute atomic E-state index is 13.0. The van der Waals surface area contributed by atoms with Crippen LogP contribution in [0.1, 0.15) is 12.5 Å². The van der Waals surface area contributed by atoms with Crippen LogP contribution >= 0.6 is 0 Å². The lowest BCUT2D eigenvalue weighted by Gasteiger charge is -2.17. The van der Waals surface area contributed by atoms with Gasteiger partial charge < -0.3 is 5.32 Å². The predicted molar refractivity (Wildman–Crippen MR) is 67.2 cm³/mol. The van der Waals surface area contributed by atoms with E-state index >= 15 is 0 Å². The topological polar surface area (TPSA) is 46.2 Å². The van der Waals surface area contributed by atoms with Crippen LogP contribution in [0.2, 0.25) is 0 Å². The highest BCUT2D eigenvalue weighted by atomic mass is 32.2. The summed E-state index contributed by atoms with van der Waals surface area (Å²) < 4.78 is 48.3. The monoisotopic (exact) mass is 277 g/mol. The van der Waals surface area contributed by atoms with Crippen LogP contribution < -0.4 is 5.32 Å². The highest BCUT2D eigenvalue weighted by molar-refractivity contribution is 7.90. The average Bonchev–Trinajstić information content (AvgIpc) is 2.21. The molecule has 0 heterocycles. The second-order valence-corrected chi connectivity index (χ2v) is 6.48. The van der Waals surface area contributed by atoms with Crippen molar-refractivity contribution in [3.8, 4) is 0 Å². The van der Waals surface area contributed by atoms with Crippen molar-refractivity contribution < 1.29 is 17.2 Å². The second kappa shape index (κ2) is 6.24. The minimum Gasteiger partial charge on any atom is -0.313 e. The van der Waals surface area contributed by atoms with Gasteiger partial charge in [0.2, 0.25) is 0 Å². The summed E-state index contributed by atoms with van der Waals surface area (Å²) in [7, 11) is -3.11. The molecule has 1 aromatic carbocycles. The zero-order chi connectivity index (χ0) is 13.8. The van der Waals surface area contributed by atoms with Gasteiger partial charge in [0.1, 0.15) is 9.84 Å². The van der Waals surface area contributed by atoms with Crippen molar-refractivity contribution in [2.75, 3.05) is 18.6 Å². The van der Waals surface area contributed by atoms with Crippen LogP contribution in [-0.4, -0.2) is 33.0 Å². The van der Waals surface area contributed by atoms with E-state index in [4.69, 9.17) is 0 Å². The van der Waals surface area contributed by atoms with Gasteiger partial charge in [-0.15, -0.1) is 0 Å². The molecule has 102 valence electrons. The van der Waals surface area contributed by atoms with Crippen LogP contribution in [-0.2, 0) is 16.3 Å². The fraction of sp³-hybridized carbons (Fsp3) is 0.500. The number of nitrogens with one attached hydrogen (secondary N) is 1. The van der Waals surface area contributed by atoms with Gasteiger partial charge in [0.05, 0.1) is 5.75 Å². The summed E-state index contributed by atoms with van der Waals surface area (Å²) in [6.07, 6.45) is 1.50. The molecule has 1 rings (SSSR count). The van der Waals surface area contributed by atoms with E-state index in [1.54, 1.807) is 0 Å². The molecule has 3 nitrogen and oxygen atoms in total. The fourth-order valence-corrected chi connectivity index (χ4v) is 2.76. The first kappa shape index (κ1) is 15.0. The Morgan fingerprint density at radius 2 is 1.94 bits per heavy atom. The molecule has 0 aliphatic carbocycles. The van der Waals surface area contributed by atoms with Crippen molar-refractivity contribution >= 4 is 9.84 Å². The van der Waals surface area contributed by atoms with Crippen LogP contribution in [0.4, 0.5) is 8.78 Å². The molecule has 18 heavy (non-hydrogen) atoms. The number of benzene rings is 1. The molecule has 0 aliphatic heterocycles. The summed E-state index contributed by atoms with van der Waals surface area (Å²) in [5.74, 6) is -1.84. The van der Waals surface area contributed by atoms with E-state index in [0.29, 0.717) is 18.5 Å². The minimum absolute atomic E-state index is 0.0279. The number of likely N-dealkylation sites (N-methyl/N-ethyl adjacent to an activating group) is 1. The van der Waals surface area contributed by atoms with Crippen molar-refractivity contribution in [3.05, 3.63) is 35.4 Å². The number of sulfone groups is 1. The zero-order valence-electron chi connectivity index (χ0n) is 10.4. The van der Waals surface area contributed by atoms with Gasteiger partial charge >= 0.3 is 0 Å². The number of rotatable bonds is 6. The molecule has 6 heteroatoms. The van der Waals surface area contributed by atoms with Crippen LogP contribution in [0, 0.1) is 11.6 Å². The van der Waals surface area contributed by atoms with Gasteiger partial charge in [-0.3, -0.25) is 0 Å². The SMILES string of the molecule is CCNC(Cc1ccc(F)c(F)c1)CS(C)(=O)=O. The van der Waals surface area contributed by atoms with E-state index in [1.165, 1.54) is 6.07 Å². The van der Waals surface area contributed by atoms with Gasteiger partial charge in [-0.1, -0.05) is 13.0 Å². The number of hydrogen-bond acceptors (Lipinski definition) is 3. The van der Waals surface area contributed by atoms with Gasteiger partial charge in [0, 0.05) is 12.3 Å². The summed E-state index contributed by atoms with van der Waals surface area (Å²) in [6, 6.07) is 3.32. The quantitative estimate of drug-likeness (QED) is 0.857. The standard InChI is InChI=1S/C12H17F2NO2S/c1-3-15-10(8-18(2,16)17)6-9-4-5-11(13)12(14)7-9/h4-5,7,10,15H,3,6,8H2,1-2H3. The third-order valence-electron chi connectivity index (χ3n) is 2.46. The second-order valence-electron chi connectivity index (χ2n) is 4.30. The van der Waals surface area contributed by atoms with Crippen LogP contribution in [0.15, 0.2) is 18.2 Å².